The van der Waals surface area contributed by atoms with Crippen LogP contribution in [0.15, 0.2) is 0 Å². The molecule has 3 heterocycles. The maximum atomic E-state index is 12.1. The SMILES string of the molecule is CC1(CCC(=O)OCC[N+]2(C)CCCC2)OCC(C[N+]2(C)CCCC2)O1.[I-].[I-]. The Morgan fingerprint density at radius 3 is 2.21 bits per heavy atom. The quantitative estimate of drug-likeness (QED) is 0.157. The maximum absolute atomic E-state index is 12.1. The van der Waals surface area contributed by atoms with E-state index in [9.17, 15) is 4.79 Å². The number of quaternary nitrogens is 2. The summed E-state index contributed by atoms with van der Waals surface area (Å²) < 4.78 is 19.7. The fourth-order valence-corrected chi connectivity index (χ4v) is 4.79. The summed E-state index contributed by atoms with van der Waals surface area (Å²) in [6, 6.07) is 0. The molecule has 6 nitrogen and oxygen atoms in total. The van der Waals surface area contributed by atoms with Crippen LogP contribution in [0.25, 0.3) is 0 Å². The Kier molecular flexibility index (Phi) is 10.9. The van der Waals surface area contributed by atoms with E-state index in [1.54, 1.807) is 0 Å². The van der Waals surface area contributed by atoms with E-state index in [-0.39, 0.29) is 60.0 Å². The predicted molar refractivity (Wildman–Crippen MR) is 99.5 cm³/mol. The minimum atomic E-state index is -0.643. The second kappa shape index (κ2) is 11.4. The van der Waals surface area contributed by atoms with Crippen LogP contribution in [-0.2, 0) is 19.0 Å². The summed E-state index contributed by atoms with van der Waals surface area (Å²) in [7, 11) is 4.57. The third kappa shape index (κ3) is 7.79. The molecule has 166 valence electrons. The Labute approximate surface area is 204 Å². The molecule has 3 fully saturated rings. The molecule has 3 aliphatic rings. The van der Waals surface area contributed by atoms with Crippen molar-refractivity contribution in [1.82, 2.24) is 0 Å². The van der Waals surface area contributed by atoms with Gasteiger partial charge in [-0.15, -0.1) is 0 Å². The van der Waals surface area contributed by atoms with Gasteiger partial charge < -0.3 is 71.1 Å². The number of halogens is 2. The lowest BCUT2D eigenvalue weighted by atomic mass is 10.1. The van der Waals surface area contributed by atoms with Crippen molar-refractivity contribution in [2.75, 3.05) is 66.6 Å². The van der Waals surface area contributed by atoms with Crippen molar-refractivity contribution in [1.29, 1.82) is 0 Å². The zero-order valence-electron chi connectivity index (χ0n) is 17.8. The van der Waals surface area contributed by atoms with Gasteiger partial charge in [0.15, 0.2) is 5.79 Å². The fourth-order valence-electron chi connectivity index (χ4n) is 4.79. The molecule has 0 spiro atoms. The normalized spacial score (nSPS) is 30.5. The van der Waals surface area contributed by atoms with E-state index in [1.807, 2.05) is 6.92 Å². The van der Waals surface area contributed by atoms with Crippen LogP contribution in [0.4, 0.5) is 0 Å². The lowest BCUT2D eigenvalue weighted by Crippen LogP contribution is -3.00. The van der Waals surface area contributed by atoms with Gasteiger partial charge in [0.25, 0.3) is 0 Å². The Balaban J connectivity index is 0.00000196. The highest BCUT2D eigenvalue weighted by Gasteiger charge is 2.41. The van der Waals surface area contributed by atoms with E-state index in [2.05, 4.69) is 14.1 Å². The molecule has 3 rings (SSSR count). The molecule has 8 heteroatoms. The zero-order valence-corrected chi connectivity index (χ0v) is 22.1. The number of likely N-dealkylation sites (tertiary alicyclic amines) is 2. The minimum absolute atomic E-state index is 0. The molecule has 0 radical (unpaired) electrons. The third-order valence-corrected chi connectivity index (χ3v) is 6.60. The highest BCUT2D eigenvalue weighted by Crippen LogP contribution is 2.30. The molecule has 0 amide bonds. The molecule has 0 aromatic rings. The number of rotatable bonds is 8. The Morgan fingerprint density at radius 2 is 1.61 bits per heavy atom. The Bertz CT molecular complexity index is 497. The monoisotopic (exact) mass is 624 g/mol. The number of ether oxygens (including phenoxy) is 3. The van der Waals surface area contributed by atoms with Crippen LogP contribution >= 0.6 is 0 Å². The second-order valence-electron chi connectivity index (χ2n) is 9.36. The number of nitrogens with zero attached hydrogens (tertiary/aromatic N) is 2. The number of carbonyl (C=O) groups is 1. The molecule has 3 aliphatic heterocycles. The minimum Gasteiger partial charge on any atom is -1.00 e. The number of esters is 1. The van der Waals surface area contributed by atoms with Gasteiger partial charge in [-0.05, 0) is 6.92 Å². The summed E-state index contributed by atoms with van der Waals surface area (Å²) in [4.78, 5) is 12.1. The van der Waals surface area contributed by atoms with Gasteiger partial charge in [-0.1, -0.05) is 0 Å². The van der Waals surface area contributed by atoms with E-state index >= 15 is 0 Å². The average Bonchev–Trinajstić information content (AvgIpc) is 3.28. The molecule has 0 N–H and O–H groups in total. The van der Waals surface area contributed by atoms with Crippen molar-refractivity contribution in [3.63, 3.8) is 0 Å². The van der Waals surface area contributed by atoms with Gasteiger partial charge >= 0.3 is 5.97 Å². The number of hydrogen-bond donors (Lipinski definition) is 0. The average molecular weight is 624 g/mol. The van der Waals surface area contributed by atoms with E-state index < -0.39 is 5.79 Å². The summed E-state index contributed by atoms with van der Waals surface area (Å²) in [6.45, 7) is 9.93. The summed E-state index contributed by atoms with van der Waals surface area (Å²) in [6.07, 6.45) is 6.26. The fraction of sp³-hybridized carbons (Fsp3) is 0.950. The highest BCUT2D eigenvalue weighted by molar-refractivity contribution is 5.69. The summed E-state index contributed by atoms with van der Waals surface area (Å²) in [5.74, 6) is -0.776. The molecule has 2 unspecified atom stereocenters. The van der Waals surface area contributed by atoms with Gasteiger partial charge in [-0.3, -0.25) is 4.79 Å². The molecule has 0 bridgehead atoms. The smallest absolute Gasteiger partial charge is 0.306 e. The van der Waals surface area contributed by atoms with Gasteiger partial charge in [0, 0.05) is 32.1 Å². The zero-order chi connectivity index (χ0) is 18.7. The molecule has 28 heavy (non-hydrogen) atoms. The first kappa shape index (κ1) is 26.8. The van der Waals surface area contributed by atoms with Crippen molar-refractivity contribution >= 4 is 5.97 Å². The molecule has 0 aliphatic carbocycles. The summed E-state index contributed by atoms with van der Waals surface area (Å²) in [5.41, 5.74) is 0. The summed E-state index contributed by atoms with van der Waals surface area (Å²) >= 11 is 0. The first-order valence-electron chi connectivity index (χ1n) is 10.4. The first-order valence-corrected chi connectivity index (χ1v) is 10.4. The van der Waals surface area contributed by atoms with Crippen molar-refractivity contribution < 1.29 is 75.9 Å². The molecule has 0 aromatic heterocycles. The largest absolute Gasteiger partial charge is 1.00 e. The highest BCUT2D eigenvalue weighted by atomic mass is 127. The molecule has 0 saturated carbocycles. The van der Waals surface area contributed by atoms with Crippen molar-refractivity contribution in [2.24, 2.45) is 0 Å². The van der Waals surface area contributed by atoms with Crippen LogP contribution in [0.1, 0.15) is 45.4 Å². The molecule has 2 atom stereocenters. The van der Waals surface area contributed by atoms with Gasteiger partial charge in [0.1, 0.15) is 25.8 Å². The van der Waals surface area contributed by atoms with Crippen LogP contribution in [0.5, 0.6) is 0 Å². The third-order valence-electron chi connectivity index (χ3n) is 6.60. The number of hydrogen-bond acceptors (Lipinski definition) is 4. The molecule has 3 saturated heterocycles. The van der Waals surface area contributed by atoms with E-state index in [0.717, 1.165) is 22.1 Å². The molecular formula is C20H38I2N2O4. The maximum Gasteiger partial charge on any atom is 0.306 e. The van der Waals surface area contributed by atoms with Gasteiger partial charge in [-0.25, -0.2) is 0 Å². The van der Waals surface area contributed by atoms with Gasteiger partial charge in [0.2, 0.25) is 0 Å². The molecular weight excluding hydrogens is 586 g/mol. The Hall–Kier alpha value is 0.770. The lowest BCUT2D eigenvalue weighted by molar-refractivity contribution is -0.900. The van der Waals surface area contributed by atoms with Crippen LogP contribution < -0.4 is 48.0 Å². The first-order chi connectivity index (χ1) is 12.3. The van der Waals surface area contributed by atoms with Crippen LogP contribution in [-0.4, -0.2) is 93.4 Å². The number of likely N-dealkylation sites (N-methyl/N-ethyl adjacent to an activating group) is 2. The van der Waals surface area contributed by atoms with E-state index in [4.69, 9.17) is 14.2 Å². The van der Waals surface area contributed by atoms with Crippen molar-refractivity contribution in [3.05, 3.63) is 0 Å². The van der Waals surface area contributed by atoms with E-state index in [0.29, 0.717) is 26.1 Å². The van der Waals surface area contributed by atoms with Crippen LogP contribution in [0, 0.1) is 0 Å². The number of carbonyl (C=O) groups excluding carboxylic acids is 1. The standard InChI is InChI=1S/C20H38N2O4.2HI/c1-20(25-17-18(26-20)16-22(3)12-6-7-13-22)9-8-19(23)24-15-14-21(2)10-4-5-11-21;;/h18H,4-17H2,1-3H3;2*1H/q+2;;/p-2. The van der Waals surface area contributed by atoms with Gasteiger partial charge in [0.05, 0.1) is 53.3 Å². The van der Waals surface area contributed by atoms with Gasteiger partial charge in [-0.2, -0.15) is 0 Å². The topological polar surface area (TPSA) is 44.8 Å². The molecule has 0 aromatic carbocycles. The second-order valence-corrected chi connectivity index (χ2v) is 9.36. The van der Waals surface area contributed by atoms with Crippen molar-refractivity contribution in [2.45, 2.75) is 57.3 Å². The van der Waals surface area contributed by atoms with Crippen molar-refractivity contribution in [3.8, 4) is 0 Å². The summed E-state index contributed by atoms with van der Waals surface area (Å²) in [5, 5.41) is 0. The Morgan fingerprint density at radius 1 is 1.04 bits per heavy atom. The predicted octanol–water partition coefficient (Wildman–Crippen LogP) is -4.07. The lowest BCUT2D eigenvalue weighted by Gasteiger charge is -2.32. The van der Waals surface area contributed by atoms with Crippen LogP contribution in [0.2, 0.25) is 0 Å². The van der Waals surface area contributed by atoms with Crippen LogP contribution in [0.3, 0.4) is 0 Å². The van der Waals surface area contributed by atoms with E-state index in [1.165, 1.54) is 51.9 Å².